The Hall–Kier alpha value is -0.0600. The lowest BCUT2D eigenvalue weighted by Gasteiger charge is -2.11. The molecule has 0 N–H and O–H groups in total. The van der Waals surface area contributed by atoms with Crippen LogP contribution in [-0.2, 0) is 6.42 Å². The van der Waals surface area contributed by atoms with Crippen molar-refractivity contribution in [2.24, 2.45) is 5.92 Å². The van der Waals surface area contributed by atoms with Gasteiger partial charge in [0.05, 0.1) is 20.1 Å². The summed E-state index contributed by atoms with van der Waals surface area (Å²) in [5, 5.41) is 1.64. The summed E-state index contributed by atoms with van der Waals surface area (Å²) in [7, 11) is 0. The van der Waals surface area contributed by atoms with E-state index in [-0.39, 0.29) is 5.92 Å². The highest BCUT2D eigenvalue weighted by Crippen LogP contribution is 2.38. The van der Waals surface area contributed by atoms with Crippen LogP contribution in [0.5, 0.6) is 0 Å². The van der Waals surface area contributed by atoms with Gasteiger partial charge in [-0.15, -0.1) is 12.3 Å². The molecule has 1 aromatic rings. The topological polar surface area (TPSA) is 0 Å². The van der Waals surface area contributed by atoms with Gasteiger partial charge in [-0.1, -0.05) is 53.3 Å². The predicted octanol–water partition coefficient (Wildman–Crippen LogP) is 5.11. The maximum absolute atomic E-state index is 6.03. The maximum atomic E-state index is 6.03. The van der Waals surface area contributed by atoms with Gasteiger partial charge in [0.2, 0.25) is 0 Å². The molecule has 1 unspecified atom stereocenters. The zero-order valence-corrected chi connectivity index (χ0v) is 11.0. The average molecular weight is 282 g/mol. The molecule has 80 valence electrons. The van der Waals surface area contributed by atoms with Gasteiger partial charge in [-0.2, -0.15) is 0 Å². The Kier molecular flexibility index (Phi) is 4.62. The first-order valence-electron chi connectivity index (χ1n) is 4.25. The van der Waals surface area contributed by atoms with Crippen LogP contribution in [0.2, 0.25) is 20.1 Å². The zero-order valence-electron chi connectivity index (χ0n) is 7.95. The van der Waals surface area contributed by atoms with E-state index in [1.807, 2.05) is 6.92 Å². The zero-order chi connectivity index (χ0) is 11.6. The lowest BCUT2D eigenvalue weighted by molar-refractivity contribution is 0.751. The molecule has 0 aliphatic rings. The van der Waals surface area contributed by atoms with Crippen molar-refractivity contribution in [3.8, 4) is 12.3 Å². The fourth-order valence-electron chi connectivity index (χ4n) is 1.17. The summed E-state index contributed by atoms with van der Waals surface area (Å²) in [6.07, 6.45) is 5.86. The molecule has 15 heavy (non-hydrogen) atoms. The van der Waals surface area contributed by atoms with Crippen molar-refractivity contribution < 1.29 is 0 Å². The van der Waals surface area contributed by atoms with Crippen molar-refractivity contribution in [1.82, 2.24) is 0 Å². The summed E-state index contributed by atoms with van der Waals surface area (Å²) in [5.41, 5.74) is 0.710. The van der Waals surface area contributed by atoms with Crippen LogP contribution in [0.15, 0.2) is 6.07 Å². The lowest BCUT2D eigenvalue weighted by atomic mass is 10.0. The highest BCUT2D eigenvalue weighted by atomic mass is 35.5. The van der Waals surface area contributed by atoms with Crippen LogP contribution in [0.1, 0.15) is 12.5 Å². The summed E-state index contributed by atoms with van der Waals surface area (Å²) in [4.78, 5) is 0. The van der Waals surface area contributed by atoms with Crippen molar-refractivity contribution in [2.45, 2.75) is 13.3 Å². The molecule has 0 spiro atoms. The number of hydrogen-bond acceptors (Lipinski definition) is 0. The number of halogens is 4. The van der Waals surface area contributed by atoms with E-state index in [9.17, 15) is 0 Å². The van der Waals surface area contributed by atoms with Crippen molar-refractivity contribution >= 4 is 46.4 Å². The van der Waals surface area contributed by atoms with E-state index in [1.165, 1.54) is 6.07 Å². The van der Waals surface area contributed by atoms with Crippen LogP contribution in [0.4, 0.5) is 0 Å². The molecule has 4 heteroatoms. The van der Waals surface area contributed by atoms with Crippen molar-refractivity contribution in [2.75, 3.05) is 0 Å². The third-order valence-electron chi connectivity index (χ3n) is 2.00. The fourth-order valence-corrected chi connectivity index (χ4v) is 2.17. The van der Waals surface area contributed by atoms with Crippen molar-refractivity contribution in [3.63, 3.8) is 0 Å². The van der Waals surface area contributed by atoms with Crippen LogP contribution >= 0.6 is 46.4 Å². The van der Waals surface area contributed by atoms with Crippen molar-refractivity contribution in [3.05, 3.63) is 31.7 Å². The van der Waals surface area contributed by atoms with Gasteiger partial charge in [0, 0.05) is 5.92 Å². The van der Waals surface area contributed by atoms with Gasteiger partial charge >= 0.3 is 0 Å². The smallest absolute Gasteiger partial charge is 0.0640 e. The van der Waals surface area contributed by atoms with E-state index in [4.69, 9.17) is 52.8 Å². The van der Waals surface area contributed by atoms with Crippen LogP contribution in [0, 0.1) is 18.3 Å². The maximum Gasteiger partial charge on any atom is 0.0640 e. The molecule has 1 aromatic carbocycles. The Morgan fingerprint density at radius 3 is 2.07 bits per heavy atom. The minimum atomic E-state index is 0.0366. The molecule has 0 heterocycles. The Bertz CT molecular complexity index is 391. The Balaban J connectivity index is 3.22. The molecule has 0 fully saturated rings. The molecule has 0 aliphatic carbocycles. The molecule has 0 amide bonds. The molecular weight excluding hydrogens is 274 g/mol. The van der Waals surface area contributed by atoms with Gasteiger partial charge in [-0.05, 0) is 18.1 Å². The first-order valence-corrected chi connectivity index (χ1v) is 5.76. The molecule has 1 rings (SSSR count). The van der Waals surface area contributed by atoms with E-state index >= 15 is 0 Å². The van der Waals surface area contributed by atoms with Gasteiger partial charge in [0.15, 0.2) is 0 Å². The Labute approximate surface area is 109 Å². The minimum Gasteiger partial charge on any atom is -0.120 e. The highest BCUT2D eigenvalue weighted by Gasteiger charge is 2.15. The summed E-state index contributed by atoms with van der Waals surface area (Å²) in [5.74, 6) is 2.64. The molecular formula is C11H8Cl4. The molecule has 0 aromatic heterocycles. The second kappa shape index (κ2) is 5.32. The second-order valence-electron chi connectivity index (χ2n) is 3.22. The Morgan fingerprint density at radius 1 is 1.20 bits per heavy atom. The van der Waals surface area contributed by atoms with Gasteiger partial charge in [0.1, 0.15) is 0 Å². The molecule has 0 radical (unpaired) electrons. The first kappa shape index (κ1) is 13.0. The summed E-state index contributed by atoms with van der Waals surface area (Å²) >= 11 is 23.8. The number of terminal acetylenes is 1. The highest BCUT2D eigenvalue weighted by molar-refractivity contribution is 6.48. The third kappa shape index (κ3) is 2.95. The summed E-state index contributed by atoms with van der Waals surface area (Å²) in [6.45, 7) is 1.90. The Morgan fingerprint density at radius 2 is 1.67 bits per heavy atom. The van der Waals surface area contributed by atoms with Crippen LogP contribution in [0.3, 0.4) is 0 Å². The second-order valence-corrected chi connectivity index (χ2v) is 4.79. The number of benzene rings is 1. The molecule has 0 saturated carbocycles. The standard InChI is InChI=1S/C11H8Cl4/c1-3-6(2)4-7-10(14)8(12)5-9(13)11(7)15/h1,5-6H,4H2,2H3. The van der Waals surface area contributed by atoms with Crippen molar-refractivity contribution in [1.29, 1.82) is 0 Å². The lowest BCUT2D eigenvalue weighted by Crippen LogP contribution is -1.98. The van der Waals surface area contributed by atoms with Crippen LogP contribution in [0.25, 0.3) is 0 Å². The van der Waals surface area contributed by atoms with Gasteiger partial charge in [0.25, 0.3) is 0 Å². The molecule has 0 nitrogen and oxygen atoms in total. The van der Waals surface area contributed by atoms with E-state index in [1.54, 1.807) is 0 Å². The van der Waals surface area contributed by atoms with E-state index < -0.39 is 0 Å². The largest absolute Gasteiger partial charge is 0.120 e. The van der Waals surface area contributed by atoms with E-state index in [2.05, 4.69) is 5.92 Å². The molecule has 0 aliphatic heterocycles. The number of rotatable bonds is 2. The monoisotopic (exact) mass is 280 g/mol. The predicted molar refractivity (Wildman–Crippen MR) is 68.2 cm³/mol. The molecule has 0 bridgehead atoms. The SMILES string of the molecule is C#CC(C)Cc1c(Cl)c(Cl)cc(Cl)c1Cl. The first-order chi connectivity index (χ1) is 6.97. The normalized spacial score (nSPS) is 12.3. The third-order valence-corrected chi connectivity index (χ3v) is 3.65. The number of hydrogen-bond donors (Lipinski definition) is 0. The minimum absolute atomic E-state index is 0.0366. The van der Waals surface area contributed by atoms with Crippen LogP contribution < -0.4 is 0 Å². The molecule has 1 atom stereocenters. The van der Waals surface area contributed by atoms with Gasteiger partial charge < -0.3 is 0 Å². The quantitative estimate of drug-likeness (QED) is 0.522. The van der Waals surface area contributed by atoms with Crippen LogP contribution in [-0.4, -0.2) is 0 Å². The summed E-state index contributed by atoms with van der Waals surface area (Å²) < 4.78 is 0. The van der Waals surface area contributed by atoms with E-state index in [0.29, 0.717) is 32.1 Å². The van der Waals surface area contributed by atoms with Gasteiger partial charge in [-0.3, -0.25) is 0 Å². The van der Waals surface area contributed by atoms with E-state index in [0.717, 1.165) is 0 Å². The molecule has 0 saturated heterocycles. The average Bonchev–Trinajstić information content (AvgIpc) is 2.21. The van der Waals surface area contributed by atoms with Gasteiger partial charge in [-0.25, -0.2) is 0 Å². The fraction of sp³-hybridized carbons (Fsp3) is 0.273. The summed E-state index contributed by atoms with van der Waals surface area (Å²) in [6, 6.07) is 1.53.